The van der Waals surface area contributed by atoms with Crippen molar-refractivity contribution in [2.75, 3.05) is 5.09 Å². The Morgan fingerprint density at radius 2 is 1.28 bits per heavy atom. The van der Waals surface area contributed by atoms with E-state index in [2.05, 4.69) is 110 Å². The summed E-state index contributed by atoms with van der Waals surface area (Å²) >= 11 is 0. The number of anilines is 1. The second kappa shape index (κ2) is 6.34. The van der Waals surface area contributed by atoms with Crippen LogP contribution in [0.15, 0.2) is 91.0 Å². The Morgan fingerprint density at radius 1 is 0.586 bits per heavy atom. The number of hydrogen-bond donors (Lipinski definition) is 2. The first-order chi connectivity index (χ1) is 14.3. The molecule has 0 saturated carbocycles. The molecule has 0 fully saturated rings. The summed E-state index contributed by atoms with van der Waals surface area (Å²) in [6.45, 7) is 0. The number of hydrogen-bond acceptors (Lipinski definition) is 1. The molecule has 6 rings (SSSR count). The molecule has 3 heteroatoms. The highest BCUT2D eigenvalue weighted by atomic mass is 31.0. The SMILES string of the molecule is PNc1cccc(-c2ccc3[nH]c4c5ccccc5c5ccccc5c4c3c2)c1. The molecule has 0 aliphatic carbocycles. The molecule has 0 spiro atoms. The van der Waals surface area contributed by atoms with Crippen molar-refractivity contribution in [3.8, 4) is 11.1 Å². The lowest BCUT2D eigenvalue weighted by Crippen LogP contribution is -1.82. The molecule has 6 aromatic rings. The number of aromatic nitrogens is 1. The van der Waals surface area contributed by atoms with E-state index in [1.165, 1.54) is 54.5 Å². The minimum Gasteiger partial charge on any atom is -0.369 e. The predicted molar refractivity (Wildman–Crippen MR) is 130 cm³/mol. The lowest BCUT2D eigenvalue weighted by atomic mass is 9.96. The summed E-state index contributed by atoms with van der Waals surface area (Å²) in [5.74, 6) is 0. The van der Waals surface area contributed by atoms with Crippen LogP contribution in [-0.2, 0) is 0 Å². The van der Waals surface area contributed by atoms with Crippen LogP contribution in [0.3, 0.4) is 0 Å². The van der Waals surface area contributed by atoms with Crippen LogP contribution >= 0.6 is 9.39 Å². The Balaban J connectivity index is 1.76. The van der Waals surface area contributed by atoms with Crippen LogP contribution in [0.25, 0.3) is 54.5 Å². The van der Waals surface area contributed by atoms with Gasteiger partial charge in [0.05, 0.1) is 5.52 Å². The Hall–Kier alpha value is -3.35. The highest BCUT2D eigenvalue weighted by Gasteiger charge is 2.14. The van der Waals surface area contributed by atoms with Gasteiger partial charge >= 0.3 is 0 Å². The van der Waals surface area contributed by atoms with E-state index in [0.717, 1.165) is 5.69 Å². The number of nitrogens with one attached hydrogen (secondary N) is 2. The van der Waals surface area contributed by atoms with Gasteiger partial charge in [-0.1, -0.05) is 66.7 Å². The van der Waals surface area contributed by atoms with Gasteiger partial charge in [0, 0.05) is 27.4 Å². The highest BCUT2D eigenvalue weighted by Crippen LogP contribution is 2.40. The molecule has 1 atom stereocenters. The first-order valence-electron chi connectivity index (χ1n) is 9.75. The van der Waals surface area contributed by atoms with Gasteiger partial charge < -0.3 is 10.1 Å². The highest BCUT2D eigenvalue weighted by molar-refractivity contribution is 7.18. The van der Waals surface area contributed by atoms with Gasteiger partial charge in [-0.25, -0.2) is 0 Å². The lowest BCUT2D eigenvalue weighted by molar-refractivity contribution is 1.56. The molecule has 0 aliphatic heterocycles. The first-order valence-corrected chi connectivity index (χ1v) is 10.3. The Morgan fingerprint density at radius 3 is 2.07 bits per heavy atom. The van der Waals surface area contributed by atoms with Crippen LogP contribution in [0, 0.1) is 0 Å². The van der Waals surface area contributed by atoms with Crippen molar-refractivity contribution < 1.29 is 0 Å². The molecule has 1 aromatic heterocycles. The number of aromatic amines is 1. The van der Waals surface area contributed by atoms with Gasteiger partial charge in [-0.15, -0.1) is 0 Å². The molecule has 0 bridgehead atoms. The van der Waals surface area contributed by atoms with E-state index in [1.807, 2.05) is 0 Å². The van der Waals surface area contributed by atoms with Crippen molar-refractivity contribution in [3.05, 3.63) is 91.0 Å². The van der Waals surface area contributed by atoms with E-state index in [9.17, 15) is 0 Å². The van der Waals surface area contributed by atoms with E-state index in [1.54, 1.807) is 0 Å². The molecule has 2 N–H and O–H groups in total. The minimum atomic E-state index is 1.09. The molecule has 0 amide bonds. The van der Waals surface area contributed by atoms with E-state index < -0.39 is 0 Å². The maximum atomic E-state index is 3.70. The monoisotopic (exact) mass is 390 g/mol. The van der Waals surface area contributed by atoms with Gasteiger partial charge in [-0.3, -0.25) is 0 Å². The molecule has 2 nitrogen and oxygen atoms in total. The second-order valence-corrected chi connectivity index (χ2v) is 7.74. The molecule has 1 heterocycles. The number of H-pyrrole nitrogens is 1. The van der Waals surface area contributed by atoms with E-state index in [0.29, 0.717) is 0 Å². The summed E-state index contributed by atoms with van der Waals surface area (Å²) in [5.41, 5.74) is 5.90. The summed E-state index contributed by atoms with van der Waals surface area (Å²) in [5, 5.41) is 10.9. The molecule has 5 aromatic carbocycles. The van der Waals surface area contributed by atoms with Crippen molar-refractivity contribution in [1.82, 2.24) is 4.98 Å². The topological polar surface area (TPSA) is 27.8 Å². The standard InChI is InChI=1S/C26H19N2P/c29-28-18-7-5-6-16(14-18)17-12-13-24-23(15-17)25-21-10-3-1-8-19(21)20-9-2-4-11-22(20)26(25)27-24/h1-15,27-28H,29H2. The van der Waals surface area contributed by atoms with Gasteiger partial charge in [-0.05, 0) is 60.9 Å². The van der Waals surface area contributed by atoms with Crippen molar-refractivity contribution in [2.45, 2.75) is 0 Å². The Labute approximate surface area is 170 Å². The maximum absolute atomic E-state index is 3.70. The fourth-order valence-electron chi connectivity index (χ4n) is 4.51. The van der Waals surface area contributed by atoms with Gasteiger partial charge in [0.15, 0.2) is 0 Å². The van der Waals surface area contributed by atoms with Crippen LogP contribution < -0.4 is 5.09 Å². The van der Waals surface area contributed by atoms with E-state index >= 15 is 0 Å². The summed E-state index contributed by atoms with van der Waals surface area (Å²) in [7, 11) is 2.57. The Kier molecular flexibility index (Phi) is 3.62. The number of rotatable bonds is 2. The predicted octanol–water partition coefficient (Wildman–Crippen LogP) is 7.50. The fourth-order valence-corrected chi connectivity index (χ4v) is 4.69. The Bertz CT molecular complexity index is 1550. The summed E-state index contributed by atoms with van der Waals surface area (Å²) < 4.78 is 0. The average molecular weight is 390 g/mol. The fraction of sp³-hybridized carbons (Fsp3) is 0. The molecule has 0 aliphatic rings. The first kappa shape index (κ1) is 16.6. The zero-order chi connectivity index (χ0) is 19.4. The third kappa shape index (κ3) is 2.46. The van der Waals surface area contributed by atoms with Crippen LogP contribution in [0.1, 0.15) is 0 Å². The summed E-state index contributed by atoms with van der Waals surface area (Å²) in [6, 6.07) is 32.6. The van der Waals surface area contributed by atoms with Crippen LogP contribution in [0.5, 0.6) is 0 Å². The third-order valence-electron chi connectivity index (χ3n) is 5.84. The third-order valence-corrected chi connectivity index (χ3v) is 6.18. The lowest BCUT2D eigenvalue weighted by Gasteiger charge is -2.08. The quantitative estimate of drug-likeness (QED) is 0.232. The number of benzene rings is 5. The zero-order valence-corrected chi connectivity index (χ0v) is 16.9. The molecule has 0 saturated heterocycles. The average Bonchev–Trinajstić information content (AvgIpc) is 3.18. The molecular formula is C26H19N2P. The smallest absolute Gasteiger partial charge is 0.0551 e. The van der Waals surface area contributed by atoms with Crippen LogP contribution in [0.2, 0.25) is 0 Å². The second-order valence-electron chi connectivity index (χ2n) is 7.45. The normalized spacial score (nSPS) is 11.6. The van der Waals surface area contributed by atoms with Crippen LogP contribution in [-0.4, -0.2) is 4.98 Å². The minimum absolute atomic E-state index is 1.09. The van der Waals surface area contributed by atoms with E-state index in [4.69, 9.17) is 0 Å². The molecule has 29 heavy (non-hydrogen) atoms. The van der Waals surface area contributed by atoms with Gasteiger partial charge in [0.2, 0.25) is 0 Å². The van der Waals surface area contributed by atoms with Gasteiger partial charge in [0.1, 0.15) is 0 Å². The van der Waals surface area contributed by atoms with Gasteiger partial charge in [-0.2, -0.15) is 0 Å². The van der Waals surface area contributed by atoms with Gasteiger partial charge in [0.25, 0.3) is 0 Å². The van der Waals surface area contributed by atoms with E-state index in [-0.39, 0.29) is 0 Å². The molecular weight excluding hydrogens is 371 g/mol. The van der Waals surface area contributed by atoms with Crippen LogP contribution in [0.4, 0.5) is 5.69 Å². The maximum Gasteiger partial charge on any atom is 0.0551 e. The molecule has 138 valence electrons. The molecule has 1 unspecified atom stereocenters. The largest absolute Gasteiger partial charge is 0.369 e. The zero-order valence-electron chi connectivity index (χ0n) is 15.7. The number of fused-ring (bicyclic) bond motifs is 8. The van der Waals surface area contributed by atoms with Crippen molar-refractivity contribution in [3.63, 3.8) is 0 Å². The van der Waals surface area contributed by atoms with Crippen molar-refractivity contribution in [2.24, 2.45) is 0 Å². The van der Waals surface area contributed by atoms with Crippen molar-refractivity contribution >= 4 is 58.4 Å². The van der Waals surface area contributed by atoms with Crippen molar-refractivity contribution in [1.29, 1.82) is 0 Å². The summed E-state index contributed by atoms with van der Waals surface area (Å²) in [4.78, 5) is 3.70. The molecule has 0 radical (unpaired) electrons. The summed E-state index contributed by atoms with van der Waals surface area (Å²) in [6.07, 6.45) is 0.